The number of nitrogens with two attached hydrogens (primary N) is 1. The van der Waals surface area contributed by atoms with Gasteiger partial charge in [0.05, 0.1) is 11.1 Å². The Balaban J connectivity index is 2.23. The Bertz CT molecular complexity index is 542. The molecule has 0 radical (unpaired) electrons. The third kappa shape index (κ3) is 2.90. The minimum atomic E-state index is -0.368. The zero-order valence-electron chi connectivity index (χ0n) is 9.91. The minimum absolute atomic E-state index is 0.100. The lowest BCUT2D eigenvalue weighted by molar-refractivity contribution is 0.535. The fourth-order valence-electron chi connectivity index (χ4n) is 1.81. The van der Waals surface area contributed by atoms with Crippen LogP contribution in [0.2, 0.25) is 5.02 Å². The van der Waals surface area contributed by atoms with Crippen LogP contribution in [-0.4, -0.2) is 0 Å². The van der Waals surface area contributed by atoms with E-state index in [1.807, 2.05) is 19.1 Å². The highest BCUT2D eigenvalue weighted by atomic mass is 35.5. The molecule has 0 saturated heterocycles. The lowest BCUT2D eigenvalue weighted by atomic mass is 10.0. The minimum Gasteiger partial charge on any atom is -0.271 e. The van der Waals surface area contributed by atoms with E-state index in [9.17, 15) is 4.39 Å². The topological polar surface area (TPSA) is 38.0 Å². The second-order valence-electron chi connectivity index (χ2n) is 4.08. The molecule has 0 fully saturated rings. The normalized spacial score (nSPS) is 12.7. The maximum Gasteiger partial charge on any atom is 0.145 e. The van der Waals surface area contributed by atoms with Crippen LogP contribution in [0.15, 0.2) is 30.3 Å². The number of rotatable bonds is 4. The van der Waals surface area contributed by atoms with Crippen molar-refractivity contribution in [3.05, 3.63) is 56.5 Å². The smallest absolute Gasteiger partial charge is 0.145 e. The summed E-state index contributed by atoms with van der Waals surface area (Å²) in [5, 5.41) is 0.144. The van der Waals surface area contributed by atoms with E-state index in [4.69, 9.17) is 17.4 Å². The molecule has 1 aromatic heterocycles. The Morgan fingerprint density at radius 2 is 2.17 bits per heavy atom. The number of aryl methyl sites for hydroxylation is 1. The summed E-state index contributed by atoms with van der Waals surface area (Å²) in [4.78, 5) is 2.30. The van der Waals surface area contributed by atoms with Crippen LogP contribution in [0.3, 0.4) is 0 Å². The van der Waals surface area contributed by atoms with Gasteiger partial charge in [0.2, 0.25) is 0 Å². The van der Waals surface area contributed by atoms with Gasteiger partial charge >= 0.3 is 0 Å². The molecule has 2 aromatic rings. The molecule has 0 saturated carbocycles. The van der Waals surface area contributed by atoms with Crippen molar-refractivity contribution in [1.82, 2.24) is 5.43 Å². The van der Waals surface area contributed by atoms with Crippen LogP contribution in [0.1, 0.15) is 21.4 Å². The number of hydrogen-bond donors (Lipinski definition) is 2. The van der Waals surface area contributed by atoms with Gasteiger partial charge in [0, 0.05) is 9.75 Å². The number of nitrogens with one attached hydrogen (secondary N) is 1. The van der Waals surface area contributed by atoms with E-state index in [0.29, 0.717) is 12.0 Å². The van der Waals surface area contributed by atoms with Gasteiger partial charge in [-0.3, -0.25) is 11.3 Å². The van der Waals surface area contributed by atoms with Crippen LogP contribution < -0.4 is 11.3 Å². The molecule has 1 atom stereocenters. The standard InChI is InChI=1S/C13H14ClFN2S/c1-8-5-6-12(18-8)11(17-16)7-9-3-2-4-10(14)13(9)15/h2-6,11,17H,7,16H2,1H3. The predicted octanol–water partition coefficient (Wildman–Crippen LogP) is 3.60. The van der Waals surface area contributed by atoms with E-state index in [2.05, 4.69) is 5.43 Å². The molecule has 0 aliphatic heterocycles. The van der Waals surface area contributed by atoms with E-state index < -0.39 is 0 Å². The summed E-state index contributed by atoms with van der Waals surface area (Å²) in [6.07, 6.45) is 0.475. The van der Waals surface area contributed by atoms with E-state index in [0.717, 1.165) is 4.88 Å². The van der Waals surface area contributed by atoms with Crippen molar-refractivity contribution in [2.45, 2.75) is 19.4 Å². The average Bonchev–Trinajstić information content (AvgIpc) is 2.78. The Kier molecular flexibility index (Phi) is 4.35. The Morgan fingerprint density at radius 3 is 2.78 bits per heavy atom. The molecule has 18 heavy (non-hydrogen) atoms. The van der Waals surface area contributed by atoms with E-state index in [-0.39, 0.29) is 16.9 Å². The summed E-state index contributed by atoms with van der Waals surface area (Å²) in [5.74, 6) is 5.18. The number of hydrazine groups is 1. The Hall–Kier alpha value is -0.940. The first-order chi connectivity index (χ1) is 8.61. The fourth-order valence-corrected chi connectivity index (χ4v) is 2.94. The maximum absolute atomic E-state index is 13.8. The molecule has 0 aliphatic carbocycles. The van der Waals surface area contributed by atoms with Gasteiger partial charge in [0.15, 0.2) is 0 Å². The van der Waals surface area contributed by atoms with Gasteiger partial charge in [-0.25, -0.2) is 4.39 Å². The van der Waals surface area contributed by atoms with Crippen LogP contribution in [0.4, 0.5) is 4.39 Å². The summed E-state index contributed by atoms with van der Waals surface area (Å²) in [7, 11) is 0. The summed E-state index contributed by atoms with van der Waals surface area (Å²) < 4.78 is 13.8. The Labute approximate surface area is 115 Å². The second kappa shape index (κ2) is 5.80. The lowest BCUT2D eigenvalue weighted by Gasteiger charge is -2.15. The molecular weight excluding hydrogens is 271 g/mol. The van der Waals surface area contributed by atoms with E-state index in [1.54, 1.807) is 29.5 Å². The van der Waals surface area contributed by atoms with Crippen molar-refractivity contribution in [3.8, 4) is 0 Å². The third-order valence-corrected chi connectivity index (χ3v) is 4.17. The first kappa shape index (κ1) is 13.5. The fraction of sp³-hybridized carbons (Fsp3) is 0.231. The number of thiophene rings is 1. The van der Waals surface area contributed by atoms with Crippen LogP contribution in [-0.2, 0) is 6.42 Å². The SMILES string of the molecule is Cc1ccc(C(Cc2cccc(Cl)c2F)NN)s1. The van der Waals surface area contributed by atoms with Crippen molar-refractivity contribution in [2.75, 3.05) is 0 Å². The number of hydrogen-bond acceptors (Lipinski definition) is 3. The van der Waals surface area contributed by atoms with Crippen molar-refractivity contribution < 1.29 is 4.39 Å². The summed E-state index contributed by atoms with van der Waals surface area (Å²) >= 11 is 7.42. The number of halogens is 2. The lowest BCUT2D eigenvalue weighted by Crippen LogP contribution is -2.29. The molecule has 0 aliphatic rings. The second-order valence-corrected chi connectivity index (χ2v) is 5.81. The molecule has 2 nitrogen and oxygen atoms in total. The average molecular weight is 285 g/mol. The zero-order valence-corrected chi connectivity index (χ0v) is 11.5. The monoisotopic (exact) mass is 284 g/mol. The van der Waals surface area contributed by atoms with Gasteiger partial charge in [-0.05, 0) is 37.1 Å². The summed E-state index contributed by atoms with van der Waals surface area (Å²) in [6.45, 7) is 2.03. The molecule has 0 amide bonds. The quantitative estimate of drug-likeness (QED) is 0.665. The van der Waals surface area contributed by atoms with Gasteiger partial charge in [-0.2, -0.15) is 0 Å². The summed E-state index contributed by atoms with van der Waals surface area (Å²) in [5.41, 5.74) is 3.29. The Morgan fingerprint density at radius 1 is 1.39 bits per heavy atom. The van der Waals surface area contributed by atoms with Crippen LogP contribution in [0.5, 0.6) is 0 Å². The molecule has 5 heteroatoms. The highest BCUT2D eigenvalue weighted by Gasteiger charge is 2.15. The van der Waals surface area contributed by atoms with E-state index >= 15 is 0 Å². The van der Waals surface area contributed by atoms with Gasteiger partial charge in [0.25, 0.3) is 0 Å². The van der Waals surface area contributed by atoms with Crippen LogP contribution in [0.25, 0.3) is 0 Å². The van der Waals surface area contributed by atoms with Gasteiger partial charge in [0.1, 0.15) is 5.82 Å². The van der Waals surface area contributed by atoms with Crippen molar-refractivity contribution in [3.63, 3.8) is 0 Å². The third-order valence-electron chi connectivity index (χ3n) is 2.76. The van der Waals surface area contributed by atoms with Crippen molar-refractivity contribution in [1.29, 1.82) is 0 Å². The zero-order chi connectivity index (χ0) is 13.1. The first-order valence-electron chi connectivity index (χ1n) is 5.57. The molecule has 1 unspecified atom stereocenters. The largest absolute Gasteiger partial charge is 0.271 e. The molecule has 96 valence electrons. The highest BCUT2D eigenvalue weighted by molar-refractivity contribution is 7.12. The molecule has 0 spiro atoms. The van der Waals surface area contributed by atoms with Crippen molar-refractivity contribution >= 4 is 22.9 Å². The maximum atomic E-state index is 13.8. The van der Waals surface area contributed by atoms with Crippen LogP contribution in [0, 0.1) is 12.7 Å². The molecule has 2 rings (SSSR count). The highest BCUT2D eigenvalue weighted by Crippen LogP contribution is 2.27. The van der Waals surface area contributed by atoms with Gasteiger partial charge < -0.3 is 0 Å². The van der Waals surface area contributed by atoms with Crippen LogP contribution >= 0.6 is 22.9 Å². The van der Waals surface area contributed by atoms with E-state index in [1.165, 1.54) is 4.88 Å². The molecule has 0 bridgehead atoms. The molecular formula is C13H14ClFN2S. The molecule has 1 heterocycles. The molecule has 1 aromatic carbocycles. The van der Waals surface area contributed by atoms with Gasteiger partial charge in [-0.15, -0.1) is 11.3 Å². The molecule has 3 N–H and O–H groups in total. The van der Waals surface area contributed by atoms with Crippen molar-refractivity contribution in [2.24, 2.45) is 5.84 Å². The predicted molar refractivity (Wildman–Crippen MR) is 74.2 cm³/mol. The summed E-state index contributed by atoms with van der Waals surface area (Å²) in [6, 6.07) is 8.95. The van der Waals surface area contributed by atoms with Gasteiger partial charge in [-0.1, -0.05) is 23.7 Å². The number of benzene rings is 1. The first-order valence-corrected chi connectivity index (χ1v) is 6.76.